The molecule has 1 heterocycles. The van der Waals surface area contributed by atoms with Gasteiger partial charge in [0.1, 0.15) is 11.5 Å². The number of rotatable bonds is 11. The van der Waals surface area contributed by atoms with Gasteiger partial charge in [0, 0.05) is 37.9 Å². The summed E-state index contributed by atoms with van der Waals surface area (Å²) in [5.41, 5.74) is 2.33. The van der Waals surface area contributed by atoms with Crippen LogP contribution >= 0.6 is 0 Å². The molecule has 9 heteroatoms. The molecule has 0 fully saturated rings. The lowest BCUT2D eigenvalue weighted by molar-refractivity contribution is 0.294. The van der Waals surface area contributed by atoms with Gasteiger partial charge in [-0.25, -0.2) is 8.42 Å². The smallest absolute Gasteiger partial charge is 0.262 e. The molecule has 0 spiro atoms. The first-order chi connectivity index (χ1) is 15.8. The molecule has 0 amide bonds. The van der Waals surface area contributed by atoms with Crippen molar-refractivity contribution in [1.82, 2.24) is 14.1 Å². The molecule has 33 heavy (non-hydrogen) atoms. The average molecular weight is 474 g/mol. The van der Waals surface area contributed by atoms with Crippen molar-refractivity contribution in [3.63, 3.8) is 0 Å². The molecule has 0 bridgehead atoms. The van der Waals surface area contributed by atoms with E-state index in [0.717, 1.165) is 11.1 Å². The molecule has 0 aliphatic carbocycles. The summed E-state index contributed by atoms with van der Waals surface area (Å²) < 4.78 is 40.9. The van der Waals surface area contributed by atoms with E-state index in [1.807, 2.05) is 38.1 Å². The van der Waals surface area contributed by atoms with Gasteiger partial charge in [0.2, 0.25) is 0 Å². The Morgan fingerprint density at radius 1 is 0.939 bits per heavy atom. The summed E-state index contributed by atoms with van der Waals surface area (Å²) in [6.45, 7) is 4.11. The van der Waals surface area contributed by atoms with Crippen LogP contribution in [0.5, 0.6) is 11.5 Å². The topological polar surface area (TPSA) is 93.9 Å². The van der Waals surface area contributed by atoms with E-state index in [0.29, 0.717) is 23.6 Å². The van der Waals surface area contributed by atoms with Crippen LogP contribution in [0, 0.1) is 0 Å². The lowest BCUT2D eigenvalue weighted by Gasteiger charge is -2.22. The van der Waals surface area contributed by atoms with Crippen molar-refractivity contribution >= 4 is 10.0 Å². The van der Waals surface area contributed by atoms with Crippen molar-refractivity contribution in [2.45, 2.75) is 44.4 Å². The van der Waals surface area contributed by atoms with Gasteiger partial charge in [-0.1, -0.05) is 24.3 Å². The Hall–Kier alpha value is -2.88. The molecule has 3 rings (SSSR count). The first-order valence-corrected chi connectivity index (χ1v) is 12.2. The van der Waals surface area contributed by atoms with Gasteiger partial charge in [-0.05, 0) is 55.3 Å². The standard InChI is InChI=1S/C24H31N3O5S/c1-18(2)27-21(13-14-28)15-24(25-27)33(29,30)26(16-19-5-9-22(31-3)10-6-19)17-20-7-11-23(32-4)12-8-20/h5-12,15,18,28H,13-14,16-17H2,1-4H3. The van der Waals surface area contributed by atoms with Gasteiger partial charge < -0.3 is 14.6 Å². The Morgan fingerprint density at radius 2 is 1.42 bits per heavy atom. The highest BCUT2D eigenvalue weighted by atomic mass is 32.2. The van der Waals surface area contributed by atoms with Gasteiger partial charge in [0.15, 0.2) is 5.03 Å². The molecule has 2 aromatic carbocycles. The summed E-state index contributed by atoms with van der Waals surface area (Å²) in [4.78, 5) is 0. The van der Waals surface area contributed by atoms with E-state index < -0.39 is 10.0 Å². The molecule has 0 aliphatic rings. The van der Waals surface area contributed by atoms with E-state index in [4.69, 9.17) is 9.47 Å². The number of sulfonamides is 1. The van der Waals surface area contributed by atoms with Crippen LogP contribution in [0.2, 0.25) is 0 Å². The van der Waals surface area contributed by atoms with Gasteiger partial charge in [-0.2, -0.15) is 9.40 Å². The number of aromatic nitrogens is 2. The van der Waals surface area contributed by atoms with E-state index in [9.17, 15) is 13.5 Å². The maximum absolute atomic E-state index is 13.7. The third-order valence-electron chi connectivity index (χ3n) is 5.29. The summed E-state index contributed by atoms with van der Waals surface area (Å²) in [7, 11) is -0.750. The Morgan fingerprint density at radius 3 is 1.82 bits per heavy atom. The van der Waals surface area contributed by atoms with E-state index in [1.54, 1.807) is 49.2 Å². The normalized spacial score (nSPS) is 11.8. The number of aliphatic hydroxyl groups excluding tert-OH is 1. The molecule has 0 saturated carbocycles. The average Bonchev–Trinajstić information content (AvgIpc) is 3.25. The number of hydrogen-bond donors (Lipinski definition) is 1. The first kappa shape index (κ1) is 24.8. The first-order valence-electron chi connectivity index (χ1n) is 10.7. The molecular formula is C24H31N3O5S. The molecule has 0 unspecified atom stereocenters. The molecule has 0 atom stereocenters. The summed E-state index contributed by atoms with van der Waals surface area (Å²) >= 11 is 0. The van der Waals surface area contributed by atoms with Crippen LogP contribution < -0.4 is 9.47 Å². The minimum Gasteiger partial charge on any atom is -0.497 e. The van der Waals surface area contributed by atoms with E-state index in [1.165, 1.54) is 4.31 Å². The third-order valence-corrected chi connectivity index (χ3v) is 6.95. The Bertz CT molecular complexity index is 1090. The number of nitrogens with zero attached hydrogens (tertiary/aromatic N) is 3. The predicted octanol–water partition coefficient (Wildman–Crippen LogP) is 3.41. The highest BCUT2D eigenvalue weighted by Crippen LogP contribution is 2.24. The molecule has 1 aromatic heterocycles. The molecule has 0 radical (unpaired) electrons. The van der Waals surface area contributed by atoms with E-state index in [-0.39, 0.29) is 30.8 Å². The zero-order valence-electron chi connectivity index (χ0n) is 19.4. The van der Waals surface area contributed by atoms with Crippen molar-refractivity contribution in [3.05, 3.63) is 71.4 Å². The van der Waals surface area contributed by atoms with Crippen LogP contribution in [0.25, 0.3) is 0 Å². The summed E-state index contributed by atoms with van der Waals surface area (Å²) in [6.07, 6.45) is 0.331. The van der Waals surface area contributed by atoms with Gasteiger partial charge in [-0.3, -0.25) is 4.68 Å². The Kier molecular flexibility index (Phi) is 8.12. The van der Waals surface area contributed by atoms with Crippen LogP contribution in [-0.2, 0) is 29.5 Å². The van der Waals surface area contributed by atoms with Crippen molar-refractivity contribution < 1.29 is 23.0 Å². The molecule has 3 aromatic rings. The lowest BCUT2D eigenvalue weighted by atomic mass is 10.2. The predicted molar refractivity (Wildman–Crippen MR) is 126 cm³/mol. The largest absolute Gasteiger partial charge is 0.497 e. The quantitative estimate of drug-likeness (QED) is 0.459. The van der Waals surface area contributed by atoms with Crippen LogP contribution in [0.1, 0.15) is 36.7 Å². The van der Waals surface area contributed by atoms with Gasteiger partial charge in [-0.15, -0.1) is 0 Å². The van der Waals surface area contributed by atoms with Gasteiger partial charge in [0.25, 0.3) is 10.0 Å². The van der Waals surface area contributed by atoms with Crippen molar-refractivity contribution in [2.24, 2.45) is 0 Å². The SMILES string of the molecule is COc1ccc(CN(Cc2ccc(OC)cc2)S(=O)(=O)c2cc(CCO)n(C(C)C)n2)cc1. The van der Waals surface area contributed by atoms with E-state index >= 15 is 0 Å². The highest BCUT2D eigenvalue weighted by molar-refractivity contribution is 7.89. The van der Waals surface area contributed by atoms with Gasteiger partial charge in [0.05, 0.1) is 14.2 Å². The van der Waals surface area contributed by atoms with Gasteiger partial charge >= 0.3 is 0 Å². The molecule has 1 N–H and O–H groups in total. The molecular weight excluding hydrogens is 442 g/mol. The number of methoxy groups -OCH3 is 2. The zero-order chi connectivity index (χ0) is 24.0. The second-order valence-corrected chi connectivity index (χ2v) is 9.84. The summed E-state index contributed by atoms with van der Waals surface area (Å²) in [6, 6.07) is 16.1. The maximum Gasteiger partial charge on any atom is 0.262 e. The lowest BCUT2D eigenvalue weighted by Crippen LogP contribution is -2.30. The third kappa shape index (κ3) is 5.93. The molecule has 0 aliphatic heterocycles. The van der Waals surface area contributed by atoms with Crippen molar-refractivity contribution in [1.29, 1.82) is 0 Å². The van der Waals surface area contributed by atoms with Crippen molar-refractivity contribution in [2.75, 3.05) is 20.8 Å². The van der Waals surface area contributed by atoms with Crippen LogP contribution in [-0.4, -0.2) is 48.4 Å². The molecule has 8 nitrogen and oxygen atoms in total. The molecule has 0 saturated heterocycles. The second kappa shape index (κ2) is 10.8. The fourth-order valence-corrected chi connectivity index (χ4v) is 4.89. The highest BCUT2D eigenvalue weighted by Gasteiger charge is 2.29. The number of hydrogen-bond acceptors (Lipinski definition) is 6. The summed E-state index contributed by atoms with van der Waals surface area (Å²) in [5, 5.41) is 13.8. The van der Waals surface area contributed by atoms with Crippen molar-refractivity contribution in [3.8, 4) is 11.5 Å². The fourth-order valence-electron chi connectivity index (χ4n) is 3.51. The monoisotopic (exact) mass is 473 g/mol. The number of aliphatic hydroxyl groups is 1. The Balaban J connectivity index is 1.99. The number of benzene rings is 2. The van der Waals surface area contributed by atoms with E-state index in [2.05, 4.69) is 5.10 Å². The Labute approximate surface area is 195 Å². The zero-order valence-corrected chi connectivity index (χ0v) is 20.2. The van der Waals surface area contributed by atoms with Crippen LogP contribution in [0.4, 0.5) is 0 Å². The van der Waals surface area contributed by atoms with Crippen LogP contribution in [0.3, 0.4) is 0 Å². The minimum atomic E-state index is -3.93. The maximum atomic E-state index is 13.7. The molecule has 178 valence electrons. The fraction of sp³-hybridized carbons (Fsp3) is 0.375. The second-order valence-electron chi connectivity index (χ2n) is 7.96. The van der Waals surface area contributed by atoms with Crippen LogP contribution in [0.15, 0.2) is 59.6 Å². The summed E-state index contributed by atoms with van der Waals surface area (Å²) in [5.74, 6) is 1.40. The number of ether oxygens (including phenoxy) is 2. The minimum absolute atomic E-state index is 0.0262.